The number of nitrogens with two attached hydrogens (primary N) is 1. The minimum absolute atomic E-state index is 0.0833. The summed E-state index contributed by atoms with van der Waals surface area (Å²) >= 11 is 0. The zero-order chi connectivity index (χ0) is 9.14. The van der Waals surface area contributed by atoms with E-state index in [9.17, 15) is 14.0 Å². The van der Waals surface area contributed by atoms with Crippen molar-refractivity contribution in [1.29, 1.82) is 0 Å². The highest BCUT2D eigenvalue weighted by atomic mass is 19.1. The molecule has 0 aliphatic rings. The fraction of sp³-hybridized carbons (Fsp3) is 0. The van der Waals surface area contributed by atoms with Crippen molar-refractivity contribution in [3.8, 4) is 0 Å². The number of carbonyl (C=O) groups excluding carboxylic acids is 2. The second-order valence-corrected chi connectivity index (χ2v) is 2.22. The number of hydrogen-bond donors (Lipinski definition) is 1. The third kappa shape index (κ3) is 1.66. The Morgan fingerprint density at radius 2 is 1.50 bits per heavy atom. The van der Waals surface area contributed by atoms with E-state index in [2.05, 4.69) is 0 Å². The zero-order valence-electron chi connectivity index (χ0n) is 6.08. The highest BCUT2D eigenvalue weighted by molar-refractivity contribution is 5.94. The average Bonchev–Trinajstić information content (AvgIpc) is 2.04. The van der Waals surface area contributed by atoms with E-state index in [1.54, 1.807) is 0 Å². The molecule has 0 saturated heterocycles. The lowest BCUT2D eigenvalue weighted by molar-refractivity contribution is 0.0835. The van der Waals surface area contributed by atoms with Crippen LogP contribution in [0.2, 0.25) is 0 Å². The first-order valence-electron chi connectivity index (χ1n) is 3.21. The Morgan fingerprint density at radius 3 is 1.83 bits per heavy atom. The first-order valence-corrected chi connectivity index (χ1v) is 3.21. The molecule has 1 aromatic carbocycles. The standard InChI is InChI=1S/C8H6FNO2/c9-7(11)5-1-3-6(4-2-5)8(10)12/h1-4H,(H2,10,12). The summed E-state index contributed by atoms with van der Waals surface area (Å²) in [6.45, 7) is 0. The van der Waals surface area contributed by atoms with Gasteiger partial charge in [0.1, 0.15) is 0 Å². The summed E-state index contributed by atoms with van der Waals surface area (Å²) in [4.78, 5) is 20.7. The van der Waals surface area contributed by atoms with Gasteiger partial charge in [0.2, 0.25) is 5.91 Å². The normalized spacial score (nSPS) is 9.42. The molecule has 0 radical (unpaired) electrons. The molecule has 2 N–H and O–H groups in total. The molecule has 3 nitrogen and oxygen atoms in total. The van der Waals surface area contributed by atoms with Crippen LogP contribution in [0.25, 0.3) is 0 Å². The highest BCUT2D eigenvalue weighted by Gasteiger charge is 2.04. The Morgan fingerprint density at radius 1 is 1.08 bits per heavy atom. The average molecular weight is 167 g/mol. The molecule has 0 aliphatic heterocycles. The Hall–Kier alpha value is -1.71. The van der Waals surface area contributed by atoms with Crippen LogP contribution in [-0.2, 0) is 0 Å². The van der Waals surface area contributed by atoms with Crippen LogP contribution in [0.4, 0.5) is 4.39 Å². The molecule has 62 valence electrons. The summed E-state index contributed by atoms with van der Waals surface area (Å²) in [5.41, 5.74) is 5.09. The highest BCUT2D eigenvalue weighted by Crippen LogP contribution is 2.04. The molecule has 0 bridgehead atoms. The van der Waals surface area contributed by atoms with Gasteiger partial charge in [-0.3, -0.25) is 9.59 Å². The second kappa shape index (κ2) is 3.13. The van der Waals surface area contributed by atoms with Crippen molar-refractivity contribution in [3.05, 3.63) is 35.4 Å². The molecule has 0 spiro atoms. The SMILES string of the molecule is NC(=O)c1ccc(C(=O)F)cc1. The zero-order valence-corrected chi connectivity index (χ0v) is 6.08. The molecule has 1 aromatic rings. The largest absolute Gasteiger partial charge is 0.366 e. The summed E-state index contributed by atoms with van der Waals surface area (Å²) in [5, 5.41) is 0. The van der Waals surface area contributed by atoms with Gasteiger partial charge >= 0.3 is 6.04 Å². The summed E-state index contributed by atoms with van der Waals surface area (Å²) in [6, 6.07) is 3.50. The van der Waals surface area contributed by atoms with Crippen LogP contribution in [0.3, 0.4) is 0 Å². The number of halogens is 1. The van der Waals surface area contributed by atoms with E-state index in [1.807, 2.05) is 0 Å². The molecule has 1 rings (SSSR count). The molecule has 12 heavy (non-hydrogen) atoms. The fourth-order valence-electron chi connectivity index (χ4n) is 0.766. The van der Waals surface area contributed by atoms with Crippen LogP contribution in [-0.4, -0.2) is 11.9 Å². The minimum Gasteiger partial charge on any atom is -0.366 e. The van der Waals surface area contributed by atoms with Gasteiger partial charge in [0.25, 0.3) is 0 Å². The summed E-state index contributed by atoms with van der Waals surface area (Å²) in [5.74, 6) is -0.604. The van der Waals surface area contributed by atoms with Crippen LogP contribution < -0.4 is 5.73 Å². The molecular weight excluding hydrogens is 161 g/mol. The third-order valence-electron chi connectivity index (χ3n) is 1.40. The van der Waals surface area contributed by atoms with E-state index in [0.29, 0.717) is 0 Å². The molecule has 0 aliphatic carbocycles. The lowest BCUT2D eigenvalue weighted by Crippen LogP contribution is -2.10. The monoisotopic (exact) mass is 167 g/mol. The molecule has 0 unspecified atom stereocenters. The maximum absolute atomic E-state index is 12.0. The number of rotatable bonds is 2. The number of hydrogen-bond acceptors (Lipinski definition) is 2. The molecule has 0 saturated carbocycles. The molecular formula is C8H6FNO2. The lowest BCUT2D eigenvalue weighted by Gasteiger charge is -1.94. The van der Waals surface area contributed by atoms with E-state index in [0.717, 1.165) is 0 Å². The topological polar surface area (TPSA) is 60.2 Å². The van der Waals surface area contributed by atoms with Crippen LogP contribution >= 0.6 is 0 Å². The maximum Gasteiger partial charge on any atom is 0.332 e. The van der Waals surface area contributed by atoms with E-state index in [-0.39, 0.29) is 11.1 Å². The Balaban J connectivity index is 3.01. The van der Waals surface area contributed by atoms with Crippen LogP contribution in [0.1, 0.15) is 20.7 Å². The third-order valence-corrected chi connectivity index (χ3v) is 1.40. The Bertz CT molecular complexity index is 285. The number of carbonyl (C=O) groups is 2. The Kier molecular flexibility index (Phi) is 2.19. The second-order valence-electron chi connectivity index (χ2n) is 2.22. The Labute approximate surface area is 68.0 Å². The van der Waals surface area contributed by atoms with Crippen molar-refractivity contribution < 1.29 is 14.0 Å². The predicted octanol–water partition coefficient (Wildman–Crippen LogP) is 0.895. The van der Waals surface area contributed by atoms with Gasteiger partial charge in [0.15, 0.2) is 0 Å². The molecule has 0 heterocycles. The van der Waals surface area contributed by atoms with Gasteiger partial charge in [0.05, 0.1) is 5.56 Å². The quantitative estimate of drug-likeness (QED) is 0.665. The van der Waals surface area contributed by atoms with Gasteiger partial charge in [-0.15, -0.1) is 0 Å². The molecule has 0 atom stereocenters. The fourth-order valence-corrected chi connectivity index (χ4v) is 0.766. The van der Waals surface area contributed by atoms with E-state index >= 15 is 0 Å². The van der Waals surface area contributed by atoms with Gasteiger partial charge in [-0.05, 0) is 24.3 Å². The maximum atomic E-state index is 12.0. The molecule has 0 fully saturated rings. The van der Waals surface area contributed by atoms with E-state index < -0.39 is 11.9 Å². The van der Waals surface area contributed by atoms with Crippen molar-refractivity contribution in [3.63, 3.8) is 0 Å². The van der Waals surface area contributed by atoms with Gasteiger partial charge in [-0.1, -0.05) is 0 Å². The smallest absolute Gasteiger partial charge is 0.332 e. The van der Waals surface area contributed by atoms with Crippen molar-refractivity contribution in [2.75, 3.05) is 0 Å². The molecule has 4 heteroatoms. The van der Waals surface area contributed by atoms with Crippen molar-refractivity contribution in [2.24, 2.45) is 5.73 Å². The predicted molar refractivity (Wildman–Crippen MR) is 40.4 cm³/mol. The molecule has 1 amide bonds. The van der Waals surface area contributed by atoms with Gasteiger partial charge in [-0.2, -0.15) is 4.39 Å². The first kappa shape index (κ1) is 8.39. The van der Waals surface area contributed by atoms with Crippen LogP contribution in [0.15, 0.2) is 24.3 Å². The van der Waals surface area contributed by atoms with Crippen LogP contribution in [0, 0.1) is 0 Å². The minimum atomic E-state index is -1.52. The summed E-state index contributed by atoms with van der Waals surface area (Å²) < 4.78 is 12.0. The summed E-state index contributed by atoms with van der Waals surface area (Å²) in [6.07, 6.45) is 0. The lowest BCUT2D eigenvalue weighted by atomic mass is 10.1. The number of amides is 1. The van der Waals surface area contributed by atoms with Gasteiger partial charge in [0, 0.05) is 5.56 Å². The number of primary amides is 1. The van der Waals surface area contributed by atoms with E-state index in [4.69, 9.17) is 5.73 Å². The first-order chi connectivity index (χ1) is 5.61. The van der Waals surface area contributed by atoms with Crippen molar-refractivity contribution in [1.82, 2.24) is 0 Å². The van der Waals surface area contributed by atoms with Gasteiger partial charge in [-0.25, -0.2) is 0 Å². The molecule has 0 aromatic heterocycles. The van der Waals surface area contributed by atoms with Crippen molar-refractivity contribution >= 4 is 11.9 Å². The van der Waals surface area contributed by atoms with Crippen molar-refractivity contribution in [2.45, 2.75) is 0 Å². The van der Waals surface area contributed by atoms with Crippen LogP contribution in [0.5, 0.6) is 0 Å². The number of benzene rings is 1. The summed E-state index contributed by atoms with van der Waals surface area (Å²) in [7, 11) is 0. The van der Waals surface area contributed by atoms with Gasteiger partial charge < -0.3 is 5.73 Å². The van der Waals surface area contributed by atoms with E-state index in [1.165, 1.54) is 24.3 Å².